The minimum absolute atomic E-state index is 0.0688. The molecule has 37 heavy (non-hydrogen) atoms. The van der Waals surface area contributed by atoms with Gasteiger partial charge in [0, 0.05) is 35.1 Å². The van der Waals surface area contributed by atoms with E-state index < -0.39 is 5.41 Å². The van der Waals surface area contributed by atoms with E-state index in [-0.39, 0.29) is 23.8 Å². The van der Waals surface area contributed by atoms with Gasteiger partial charge < -0.3 is 21.4 Å². The van der Waals surface area contributed by atoms with Crippen molar-refractivity contribution in [2.45, 2.75) is 57.0 Å². The van der Waals surface area contributed by atoms with Crippen molar-refractivity contribution in [2.75, 3.05) is 20.1 Å². The Morgan fingerprint density at radius 1 is 1.38 bits per heavy atom. The van der Waals surface area contributed by atoms with Gasteiger partial charge in [0.05, 0.1) is 10.9 Å². The number of carbonyl (C=O) groups excluding carboxylic acids is 1. The van der Waals surface area contributed by atoms with Crippen LogP contribution in [0, 0.1) is 22.7 Å². The van der Waals surface area contributed by atoms with Crippen LogP contribution >= 0.6 is 22.7 Å². The molecule has 4 atom stereocenters. The highest BCUT2D eigenvalue weighted by atomic mass is 32.1. The first-order valence-corrected chi connectivity index (χ1v) is 14.2. The number of amidine groups is 1. The molecule has 0 radical (unpaired) electrons. The Morgan fingerprint density at radius 3 is 2.84 bits per heavy atom. The van der Waals surface area contributed by atoms with Gasteiger partial charge in [0.1, 0.15) is 11.5 Å². The number of nitrogens with two attached hydrogens (primary N) is 1. The van der Waals surface area contributed by atoms with E-state index >= 15 is 0 Å². The Bertz CT molecular complexity index is 1260. The van der Waals surface area contributed by atoms with Crippen molar-refractivity contribution in [3.05, 3.63) is 55.5 Å². The van der Waals surface area contributed by atoms with Crippen LogP contribution < -0.4 is 16.5 Å². The fraction of sp³-hybridized carbons (Fsp3) is 0.500. The van der Waals surface area contributed by atoms with E-state index in [1.807, 2.05) is 6.07 Å². The molecule has 2 aliphatic rings. The van der Waals surface area contributed by atoms with Crippen LogP contribution in [0.2, 0.25) is 0 Å². The highest BCUT2D eigenvalue weighted by Crippen LogP contribution is 2.49. The van der Waals surface area contributed by atoms with Gasteiger partial charge in [-0.25, -0.2) is 0 Å². The summed E-state index contributed by atoms with van der Waals surface area (Å²) in [7, 11) is 1.62. The van der Waals surface area contributed by atoms with Crippen molar-refractivity contribution in [2.24, 2.45) is 22.1 Å². The number of carbonyl (C=O) groups is 1. The molecule has 1 fully saturated rings. The summed E-state index contributed by atoms with van der Waals surface area (Å²) < 4.78 is 0. The van der Waals surface area contributed by atoms with Crippen molar-refractivity contribution in [3.8, 4) is 6.07 Å². The number of nitriles is 1. The summed E-state index contributed by atoms with van der Waals surface area (Å²) >= 11 is 3.03. The Hall–Kier alpha value is -3.07. The van der Waals surface area contributed by atoms with Gasteiger partial charge in [0.25, 0.3) is 5.91 Å². The summed E-state index contributed by atoms with van der Waals surface area (Å²) in [6.45, 7) is 9.70. The van der Waals surface area contributed by atoms with Crippen LogP contribution in [0.4, 0.5) is 0 Å². The largest absolute Gasteiger partial charge is 0.355 e. The highest BCUT2D eigenvalue weighted by molar-refractivity contribution is 7.15. The zero-order valence-electron chi connectivity index (χ0n) is 21.5. The van der Waals surface area contributed by atoms with E-state index in [2.05, 4.69) is 63.8 Å². The predicted octanol–water partition coefficient (Wildman–Crippen LogP) is 3.97. The van der Waals surface area contributed by atoms with Crippen LogP contribution in [0.25, 0.3) is 0 Å². The third-order valence-corrected chi connectivity index (χ3v) is 10.2. The van der Waals surface area contributed by atoms with Gasteiger partial charge in [-0.1, -0.05) is 18.7 Å². The summed E-state index contributed by atoms with van der Waals surface area (Å²) in [6, 6.07) is 6.59. The predicted molar refractivity (Wildman–Crippen MR) is 148 cm³/mol. The first kappa shape index (κ1) is 27.0. The number of thiophene rings is 2. The fourth-order valence-corrected chi connectivity index (χ4v) is 8.28. The van der Waals surface area contributed by atoms with Crippen LogP contribution in [-0.2, 0) is 18.3 Å². The lowest BCUT2D eigenvalue weighted by Crippen LogP contribution is -2.40. The lowest BCUT2D eigenvalue weighted by molar-refractivity contribution is 0.0967. The minimum Gasteiger partial charge on any atom is -0.355 e. The summed E-state index contributed by atoms with van der Waals surface area (Å²) in [6.07, 6.45) is 3.00. The Balaban J connectivity index is 1.63. The van der Waals surface area contributed by atoms with Crippen LogP contribution in [0.3, 0.4) is 0 Å². The average Bonchev–Trinajstić information content (AvgIpc) is 3.59. The maximum atomic E-state index is 12.5. The van der Waals surface area contributed by atoms with E-state index in [0.717, 1.165) is 40.3 Å². The van der Waals surface area contributed by atoms with Gasteiger partial charge in [0.15, 0.2) is 5.84 Å². The van der Waals surface area contributed by atoms with Crippen LogP contribution in [0.5, 0.6) is 0 Å². The second-order valence-corrected chi connectivity index (χ2v) is 11.8. The summed E-state index contributed by atoms with van der Waals surface area (Å²) in [4.78, 5) is 17.3. The van der Waals surface area contributed by atoms with Crippen LogP contribution in [0.1, 0.15) is 57.2 Å². The topological polar surface area (TPSA) is 143 Å². The van der Waals surface area contributed by atoms with E-state index in [1.165, 1.54) is 16.9 Å². The molecule has 1 aliphatic heterocycles. The fourth-order valence-electron chi connectivity index (χ4n) is 5.64. The molecule has 3 unspecified atom stereocenters. The molecule has 9 nitrogen and oxygen atoms in total. The van der Waals surface area contributed by atoms with Crippen molar-refractivity contribution in [3.63, 3.8) is 0 Å². The number of amides is 1. The Labute approximate surface area is 225 Å². The van der Waals surface area contributed by atoms with Crippen LogP contribution in [-0.4, -0.2) is 48.9 Å². The third kappa shape index (κ3) is 4.81. The van der Waals surface area contributed by atoms with E-state index in [0.29, 0.717) is 30.3 Å². The number of likely N-dealkylation sites (tertiary alicyclic amines) is 1. The lowest BCUT2D eigenvalue weighted by Gasteiger charge is -2.33. The summed E-state index contributed by atoms with van der Waals surface area (Å²) in [5.74, 6) is 5.80. The molecule has 0 saturated carbocycles. The Kier molecular flexibility index (Phi) is 8.11. The molecule has 0 aromatic carbocycles. The number of nitrogens with zero attached hydrogens (tertiary/aromatic N) is 4. The maximum Gasteiger partial charge on any atom is 0.261 e. The van der Waals surface area contributed by atoms with Crippen molar-refractivity contribution in [1.29, 1.82) is 10.7 Å². The maximum absolute atomic E-state index is 12.5. The number of rotatable bonds is 8. The smallest absolute Gasteiger partial charge is 0.261 e. The number of fused-ring (bicyclic) bond motifs is 2. The summed E-state index contributed by atoms with van der Waals surface area (Å²) in [5, 5.41) is 34.4. The van der Waals surface area contributed by atoms with Gasteiger partial charge >= 0.3 is 0 Å². The number of aryl methyl sites for hydroxylation is 2. The first-order valence-electron chi connectivity index (χ1n) is 12.5. The second-order valence-electron chi connectivity index (χ2n) is 9.79. The molecular formula is C26H34N8OS2. The molecule has 1 saturated heterocycles. The zero-order chi connectivity index (χ0) is 26.7. The number of hydrogen-bond acceptors (Lipinski definition) is 8. The molecule has 4 rings (SSSR count). The normalized spacial score (nSPS) is 24.8. The van der Waals surface area contributed by atoms with Gasteiger partial charge in [-0.2, -0.15) is 5.26 Å². The van der Waals surface area contributed by atoms with Gasteiger partial charge in [-0.05, 0) is 73.7 Å². The molecule has 2 aromatic rings. The quantitative estimate of drug-likeness (QED) is 0.100. The average molecular weight is 539 g/mol. The third-order valence-electron chi connectivity index (χ3n) is 7.72. The van der Waals surface area contributed by atoms with Gasteiger partial charge in [0.2, 0.25) is 0 Å². The van der Waals surface area contributed by atoms with E-state index in [4.69, 9.17) is 11.3 Å². The highest BCUT2D eigenvalue weighted by Gasteiger charge is 2.46. The monoisotopic (exact) mass is 538 g/mol. The molecule has 3 heterocycles. The van der Waals surface area contributed by atoms with Crippen molar-refractivity contribution < 1.29 is 4.79 Å². The van der Waals surface area contributed by atoms with Crippen LogP contribution in [0.15, 0.2) is 40.1 Å². The molecule has 2 aromatic heterocycles. The van der Waals surface area contributed by atoms with Crippen molar-refractivity contribution in [1.82, 2.24) is 15.5 Å². The van der Waals surface area contributed by atoms with Gasteiger partial charge in [-0.15, -0.1) is 27.8 Å². The molecule has 0 bridgehead atoms. The molecule has 1 aliphatic carbocycles. The molecule has 11 heteroatoms. The van der Waals surface area contributed by atoms with Crippen molar-refractivity contribution >= 4 is 34.4 Å². The van der Waals surface area contributed by atoms with E-state index in [1.54, 1.807) is 18.4 Å². The molecular weight excluding hydrogens is 504 g/mol. The molecule has 1 amide bonds. The standard InChI is InChI=1S/C26H34N8OS2/c1-15-11-20(13-27)34(17(15)3)16(2)14-31-9-8-26(25(28)32-33-29)22-18(7-10-36-22)5-6-19-12-21(24(35)30-4)37-23(19)26/h7,10,12,15,17,20,31H,2,5-6,8-9,11,14H2,1,3-4H3,(H,30,35)(H3,28,29,32)/t15-,17?,20?,26?/m0/s1. The summed E-state index contributed by atoms with van der Waals surface area (Å²) in [5.41, 5.74) is 2.28. The molecule has 0 spiro atoms. The second kappa shape index (κ2) is 11.1. The van der Waals surface area contributed by atoms with E-state index in [9.17, 15) is 10.1 Å². The van der Waals surface area contributed by atoms with Gasteiger partial charge in [-0.3, -0.25) is 10.2 Å². The zero-order valence-corrected chi connectivity index (χ0v) is 23.1. The SMILES string of the molecule is C=C(CNCCC1(C(=N)N=NN)c2sccc2CCc2cc(C(=O)NC)sc21)N1C(C#N)C[C@H](C)C1C. The lowest BCUT2D eigenvalue weighted by atomic mass is 9.78. The first-order chi connectivity index (χ1) is 17.8. The number of nitrogens with one attached hydrogen (secondary N) is 3. The molecule has 5 N–H and O–H groups in total. The number of hydrogen-bond donors (Lipinski definition) is 4. The Morgan fingerprint density at radius 2 is 2.14 bits per heavy atom. The molecule has 196 valence electrons. The minimum atomic E-state index is -0.867.